The van der Waals surface area contributed by atoms with Crippen LogP contribution in [0.15, 0.2) is 15.5 Å². The van der Waals surface area contributed by atoms with Crippen molar-refractivity contribution in [3.05, 3.63) is 0 Å². The third-order valence-electron chi connectivity index (χ3n) is 2.28. The van der Waals surface area contributed by atoms with E-state index in [9.17, 15) is 0 Å². The molecule has 0 saturated carbocycles. The third kappa shape index (κ3) is 7.61. The van der Waals surface area contributed by atoms with E-state index in [0.717, 1.165) is 12.1 Å². The quantitative estimate of drug-likeness (QED) is 0.391. The average Bonchev–Trinajstić information content (AvgIpc) is 2.35. The summed E-state index contributed by atoms with van der Waals surface area (Å²) in [6, 6.07) is 0. The Hall–Kier alpha value is -1.63. The summed E-state index contributed by atoms with van der Waals surface area (Å²) in [7, 11) is 1.51. The fourth-order valence-corrected chi connectivity index (χ4v) is 1.45. The van der Waals surface area contributed by atoms with E-state index in [4.69, 9.17) is 10.4 Å². The normalized spacial score (nSPS) is 14.2. The number of nitrogens with zero attached hydrogens (tertiary/aromatic N) is 4. The van der Waals surface area contributed by atoms with Crippen molar-refractivity contribution >= 4 is 17.1 Å². The SMILES string of the molecule is CO/N=C(\C)CCN(C/C(C)=N/O)C/C(C)=N/O. The maximum absolute atomic E-state index is 8.67. The lowest BCUT2D eigenvalue weighted by atomic mass is 10.2. The van der Waals surface area contributed by atoms with Crippen LogP contribution in [0.3, 0.4) is 0 Å². The highest BCUT2D eigenvalue weighted by Crippen LogP contribution is 1.97. The molecule has 104 valence electrons. The summed E-state index contributed by atoms with van der Waals surface area (Å²) in [5.74, 6) is 0. The van der Waals surface area contributed by atoms with Crippen molar-refractivity contribution in [2.24, 2.45) is 15.5 Å². The van der Waals surface area contributed by atoms with E-state index in [-0.39, 0.29) is 0 Å². The van der Waals surface area contributed by atoms with E-state index in [0.29, 0.717) is 31.1 Å². The monoisotopic (exact) mass is 258 g/mol. The molecule has 0 amide bonds. The van der Waals surface area contributed by atoms with Crippen LogP contribution in [0, 0.1) is 0 Å². The van der Waals surface area contributed by atoms with Gasteiger partial charge in [-0.3, -0.25) is 4.90 Å². The van der Waals surface area contributed by atoms with Crippen LogP contribution < -0.4 is 0 Å². The Morgan fingerprint density at radius 2 is 1.50 bits per heavy atom. The van der Waals surface area contributed by atoms with Gasteiger partial charge < -0.3 is 15.3 Å². The summed E-state index contributed by atoms with van der Waals surface area (Å²) in [6.45, 7) is 7.05. The molecule has 0 aromatic rings. The Bertz CT molecular complexity index is 306. The molecule has 0 aliphatic rings. The first-order valence-corrected chi connectivity index (χ1v) is 5.67. The largest absolute Gasteiger partial charge is 0.411 e. The minimum absolute atomic E-state index is 0.504. The lowest BCUT2D eigenvalue weighted by Gasteiger charge is -2.20. The summed E-state index contributed by atoms with van der Waals surface area (Å²) in [6.07, 6.45) is 0.727. The second kappa shape index (κ2) is 9.41. The van der Waals surface area contributed by atoms with Crippen LogP contribution >= 0.6 is 0 Å². The Balaban J connectivity index is 4.42. The fourth-order valence-electron chi connectivity index (χ4n) is 1.45. The van der Waals surface area contributed by atoms with E-state index in [1.165, 1.54) is 7.11 Å². The second-order valence-corrected chi connectivity index (χ2v) is 4.14. The van der Waals surface area contributed by atoms with Gasteiger partial charge in [0.05, 0.1) is 17.1 Å². The molecule has 0 radical (unpaired) electrons. The molecule has 18 heavy (non-hydrogen) atoms. The van der Waals surface area contributed by atoms with Gasteiger partial charge in [-0.1, -0.05) is 15.5 Å². The minimum Gasteiger partial charge on any atom is -0.411 e. The Kier molecular flexibility index (Phi) is 8.55. The first-order chi connectivity index (χ1) is 8.53. The van der Waals surface area contributed by atoms with Gasteiger partial charge in [0.15, 0.2) is 0 Å². The summed E-state index contributed by atoms with van der Waals surface area (Å²) in [5, 5.41) is 27.5. The summed E-state index contributed by atoms with van der Waals surface area (Å²) in [4.78, 5) is 6.68. The summed E-state index contributed by atoms with van der Waals surface area (Å²) >= 11 is 0. The van der Waals surface area contributed by atoms with Gasteiger partial charge >= 0.3 is 0 Å². The second-order valence-electron chi connectivity index (χ2n) is 4.14. The highest BCUT2D eigenvalue weighted by atomic mass is 16.6. The molecule has 0 bridgehead atoms. The standard InChI is InChI=1S/C11H22N4O3/c1-9(14-18-4)5-6-15(7-10(2)12-16)8-11(3)13-17/h16-17H,5-8H2,1-4H3/b12-10+,13-11+,14-9+. The predicted molar refractivity (Wildman–Crippen MR) is 71.0 cm³/mol. The zero-order valence-corrected chi connectivity index (χ0v) is 11.4. The minimum atomic E-state index is 0.504. The van der Waals surface area contributed by atoms with Gasteiger partial charge in [-0.25, -0.2) is 0 Å². The molecule has 0 saturated heterocycles. The molecule has 0 atom stereocenters. The van der Waals surface area contributed by atoms with Crippen LogP contribution in [-0.2, 0) is 4.84 Å². The molecule has 0 spiro atoms. The van der Waals surface area contributed by atoms with Gasteiger partial charge in [-0.15, -0.1) is 0 Å². The molecule has 2 N–H and O–H groups in total. The smallest absolute Gasteiger partial charge is 0.106 e. The average molecular weight is 258 g/mol. The fraction of sp³-hybridized carbons (Fsp3) is 0.727. The van der Waals surface area contributed by atoms with Gasteiger partial charge in [0.2, 0.25) is 0 Å². The van der Waals surface area contributed by atoms with Crippen molar-refractivity contribution < 1.29 is 15.3 Å². The molecule has 0 aromatic heterocycles. The highest BCUT2D eigenvalue weighted by Gasteiger charge is 2.09. The van der Waals surface area contributed by atoms with Crippen molar-refractivity contribution in [3.8, 4) is 0 Å². The van der Waals surface area contributed by atoms with Crippen LogP contribution in [0.1, 0.15) is 27.2 Å². The lowest BCUT2D eigenvalue weighted by molar-refractivity contribution is 0.211. The molecule has 0 heterocycles. The van der Waals surface area contributed by atoms with Crippen molar-refractivity contribution in [1.29, 1.82) is 0 Å². The third-order valence-corrected chi connectivity index (χ3v) is 2.28. The van der Waals surface area contributed by atoms with Gasteiger partial charge in [0.25, 0.3) is 0 Å². The molecule has 0 rings (SSSR count). The van der Waals surface area contributed by atoms with E-state index in [1.54, 1.807) is 13.8 Å². The van der Waals surface area contributed by atoms with Crippen LogP contribution in [0.5, 0.6) is 0 Å². The summed E-state index contributed by atoms with van der Waals surface area (Å²) < 4.78 is 0. The van der Waals surface area contributed by atoms with E-state index >= 15 is 0 Å². The summed E-state index contributed by atoms with van der Waals surface area (Å²) in [5.41, 5.74) is 2.07. The molecule has 0 aromatic carbocycles. The van der Waals surface area contributed by atoms with Crippen molar-refractivity contribution in [1.82, 2.24) is 4.90 Å². The molecule has 7 nitrogen and oxygen atoms in total. The Labute approximate surface area is 107 Å². The first-order valence-electron chi connectivity index (χ1n) is 5.67. The van der Waals surface area contributed by atoms with Gasteiger partial charge in [0.1, 0.15) is 7.11 Å². The molecular formula is C11H22N4O3. The molecule has 0 aliphatic carbocycles. The topological polar surface area (TPSA) is 90.0 Å². The lowest BCUT2D eigenvalue weighted by Crippen LogP contribution is -2.34. The van der Waals surface area contributed by atoms with Crippen LogP contribution in [0.4, 0.5) is 0 Å². The van der Waals surface area contributed by atoms with Crippen LogP contribution in [-0.4, -0.2) is 59.2 Å². The Morgan fingerprint density at radius 3 is 1.89 bits per heavy atom. The number of rotatable bonds is 8. The predicted octanol–water partition coefficient (Wildman–Crippen LogP) is 1.40. The number of hydrogen-bond acceptors (Lipinski definition) is 7. The zero-order chi connectivity index (χ0) is 14.0. The molecular weight excluding hydrogens is 236 g/mol. The van der Waals surface area contributed by atoms with Crippen LogP contribution in [0.2, 0.25) is 0 Å². The van der Waals surface area contributed by atoms with Gasteiger partial charge in [-0.2, -0.15) is 0 Å². The Morgan fingerprint density at radius 1 is 1.00 bits per heavy atom. The van der Waals surface area contributed by atoms with Gasteiger partial charge in [0, 0.05) is 26.1 Å². The molecule has 0 fully saturated rings. The maximum atomic E-state index is 8.67. The van der Waals surface area contributed by atoms with E-state index < -0.39 is 0 Å². The number of oxime groups is 3. The highest BCUT2D eigenvalue weighted by molar-refractivity contribution is 5.86. The molecule has 0 unspecified atom stereocenters. The first kappa shape index (κ1) is 16.4. The van der Waals surface area contributed by atoms with E-state index in [2.05, 4.69) is 20.3 Å². The maximum Gasteiger partial charge on any atom is 0.106 e. The zero-order valence-electron chi connectivity index (χ0n) is 11.4. The van der Waals surface area contributed by atoms with Crippen molar-refractivity contribution in [3.63, 3.8) is 0 Å². The molecule has 7 heteroatoms. The van der Waals surface area contributed by atoms with Crippen LogP contribution in [0.25, 0.3) is 0 Å². The van der Waals surface area contributed by atoms with Crippen molar-refractivity contribution in [2.75, 3.05) is 26.7 Å². The van der Waals surface area contributed by atoms with Gasteiger partial charge in [-0.05, 0) is 20.8 Å². The molecule has 0 aliphatic heterocycles. The van der Waals surface area contributed by atoms with Crippen molar-refractivity contribution in [2.45, 2.75) is 27.2 Å². The van der Waals surface area contributed by atoms with E-state index in [1.807, 2.05) is 11.8 Å². The number of hydrogen-bond donors (Lipinski definition) is 2.